The van der Waals surface area contributed by atoms with E-state index in [-0.39, 0.29) is 6.42 Å². The molecule has 3 aromatic rings. The van der Waals surface area contributed by atoms with Gasteiger partial charge in [0.15, 0.2) is 0 Å². The maximum atomic E-state index is 10.7. The van der Waals surface area contributed by atoms with Crippen LogP contribution in [0.15, 0.2) is 46.9 Å². The van der Waals surface area contributed by atoms with E-state index in [9.17, 15) is 4.79 Å². The number of nitrogens with two attached hydrogens (primary N) is 1. The molecule has 0 aliphatic heterocycles. The van der Waals surface area contributed by atoms with Crippen molar-refractivity contribution in [1.29, 1.82) is 0 Å². The van der Waals surface area contributed by atoms with E-state index in [1.165, 1.54) is 0 Å². The molecule has 0 amide bonds. The zero-order valence-electron chi connectivity index (χ0n) is 18.6. The van der Waals surface area contributed by atoms with E-state index in [1.807, 2.05) is 37.3 Å². The third-order valence-corrected chi connectivity index (χ3v) is 5.09. The molecule has 7 heteroatoms. The topological polar surface area (TPSA) is 108 Å². The lowest BCUT2D eigenvalue weighted by Gasteiger charge is -2.09. The number of anilines is 1. The third-order valence-electron chi connectivity index (χ3n) is 5.09. The van der Waals surface area contributed by atoms with Crippen molar-refractivity contribution >= 4 is 11.7 Å². The van der Waals surface area contributed by atoms with E-state index in [2.05, 4.69) is 11.9 Å². The minimum absolute atomic E-state index is 0.0484. The van der Waals surface area contributed by atoms with Crippen LogP contribution in [-0.2, 0) is 17.6 Å². The second kappa shape index (κ2) is 11.2. The summed E-state index contributed by atoms with van der Waals surface area (Å²) >= 11 is 0. The number of aryl methyl sites for hydroxylation is 2. The summed E-state index contributed by atoms with van der Waals surface area (Å²) < 4.78 is 17.4. The van der Waals surface area contributed by atoms with Crippen molar-refractivity contribution in [3.8, 4) is 23.0 Å². The maximum absolute atomic E-state index is 10.7. The van der Waals surface area contributed by atoms with Gasteiger partial charge in [-0.25, -0.2) is 4.98 Å². The average molecular weight is 439 g/mol. The fraction of sp³-hybridized carbons (Fsp3) is 0.360. The van der Waals surface area contributed by atoms with Crippen molar-refractivity contribution in [3.63, 3.8) is 0 Å². The van der Waals surface area contributed by atoms with Crippen LogP contribution in [0.5, 0.6) is 11.5 Å². The first-order valence-corrected chi connectivity index (χ1v) is 10.9. The quantitative estimate of drug-likeness (QED) is 0.301. The summed E-state index contributed by atoms with van der Waals surface area (Å²) in [6.07, 6.45) is 3.18. The predicted molar refractivity (Wildman–Crippen MR) is 123 cm³/mol. The van der Waals surface area contributed by atoms with Gasteiger partial charge < -0.3 is 24.7 Å². The molecule has 0 saturated carbocycles. The third kappa shape index (κ3) is 6.51. The molecular formula is C25H30N2O5. The molecule has 3 rings (SSSR count). The van der Waals surface area contributed by atoms with Crippen LogP contribution in [0.4, 0.5) is 5.69 Å². The molecule has 1 heterocycles. The highest BCUT2D eigenvalue weighted by Gasteiger charge is 2.12. The Morgan fingerprint density at radius 2 is 1.78 bits per heavy atom. The Hall–Kier alpha value is -3.48. The van der Waals surface area contributed by atoms with Crippen molar-refractivity contribution in [2.45, 2.75) is 46.0 Å². The summed E-state index contributed by atoms with van der Waals surface area (Å²) in [5, 5.41) is 8.81. The molecule has 3 N–H and O–H groups in total. The van der Waals surface area contributed by atoms with Gasteiger partial charge in [0.2, 0.25) is 5.89 Å². The van der Waals surface area contributed by atoms with Gasteiger partial charge in [-0.1, -0.05) is 19.4 Å². The number of unbranched alkanes of at least 4 members (excludes halogenated alkanes) is 1. The Bertz CT molecular complexity index is 1030. The van der Waals surface area contributed by atoms with Gasteiger partial charge in [0.25, 0.3) is 0 Å². The first kappa shape index (κ1) is 23.2. The second-order valence-corrected chi connectivity index (χ2v) is 7.60. The number of nitrogen functional groups attached to an aromatic ring is 1. The highest BCUT2D eigenvalue weighted by Crippen LogP contribution is 2.25. The van der Waals surface area contributed by atoms with E-state index in [4.69, 9.17) is 24.7 Å². The number of nitrogens with zero attached hydrogens (tertiary/aromatic N) is 1. The molecule has 7 nitrogen and oxygen atoms in total. The summed E-state index contributed by atoms with van der Waals surface area (Å²) in [5.74, 6) is 1.97. The van der Waals surface area contributed by atoms with Gasteiger partial charge in [0, 0.05) is 30.2 Å². The van der Waals surface area contributed by atoms with E-state index in [0.29, 0.717) is 36.8 Å². The molecule has 170 valence electrons. The summed E-state index contributed by atoms with van der Waals surface area (Å²) in [6, 6.07) is 13.1. The highest BCUT2D eigenvalue weighted by molar-refractivity contribution is 5.67. The van der Waals surface area contributed by atoms with Crippen LogP contribution >= 0.6 is 0 Å². The summed E-state index contributed by atoms with van der Waals surface area (Å²) in [6.45, 7) is 5.17. The van der Waals surface area contributed by atoms with Crippen molar-refractivity contribution in [1.82, 2.24) is 4.98 Å². The largest absolute Gasteiger partial charge is 0.494 e. The number of rotatable bonds is 12. The Morgan fingerprint density at radius 3 is 2.47 bits per heavy atom. The lowest BCUT2D eigenvalue weighted by Crippen LogP contribution is -2.04. The zero-order chi connectivity index (χ0) is 22.9. The Labute approximate surface area is 188 Å². The monoisotopic (exact) mass is 438 g/mol. The van der Waals surface area contributed by atoms with Gasteiger partial charge in [0.05, 0.1) is 18.9 Å². The van der Waals surface area contributed by atoms with Gasteiger partial charge in [-0.15, -0.1) is 0 Å². The molecule has 0 unspecified atom stereocenters. The van der Waals surface area contributed by atoms with Crippen molar-refractivity contribution < 1.29 is 23.8 Å². The molecule has 0 radical (unpaired) electrons. The molecule has 0 fully saturated rings. The smallest absolute Gasteiger partial charge is 0.303 e. The van der Waals surface area contributed by atoms with Gasteiger partial charge in [-0.05, 0) is 55.7 Å². The predicted octanol–water partition coefficient (Wildman–Crippen LogP) is 5.05. The second-order valence-electron chi connectivity index (χ2n) is 7.60. The highest BCUT2D eigenvalue weighted by atomic mass is 16.5. The zero-order valence-corrected chi connectivity index (χ0v) is 18.6. The molecule has 1 aromatic heterocycles. The van der Waals surface area contributed by atoms with Crippen LogP contribution in [-0.4, -0.2) is 29.3 Å². The van der Waals surface area contributed by atoms with Crippen LogP contribution < -0.4 is 15.2 Å². The van der Waals surface area contributed by atoms with Gasteiger partial charge in [-0.2, -0.15) is 0 Å². The Morgan fingerprint density at radius 1 is 1.06 bits per heavy atom. The van der Waals surface area contributed by atoms with Crippen LogP contribution in [0, 0.1) is 6.92 Å². The molecule has 0 atom stereocenters. The van der Waals surface area contributed by atoms with Gasteiger partial charge in [-0.3, -0.25) is 4.79 Å². The Balaban J connectivity index is 1.54. The minimum Gasteiger partial charge on any atom is -0.494 e. The normalized spacial score (nSPS) is 10.8. The minimum atomic E-state index is -0.844. The first-order valence-electron chi connectivity index (χ1n) is 10.9. The molecule has 0 saturated heterocycles. The number of oxazole rings is 1. The molecule has 0 aliphatic carbocycles. The number of carboxylic acids is 1. The first-order chi connectivity index (χ1) is 15.5. The number of hydrogen-bond acceptors (Lipinski definition) is 6. The lowest BCUT2D eigenvalue weighted by atomic mass is 10.1. The number of hydrogen-bond donors (Lipinski definition) is 2. The number of benzene rings is 2. The van der Waals surface area contributed by atoms with Crippen LogP contribution in [0.3, 0.4) is 0 Å². The Kier molecular flexibility index (Phi) is 8.14. The maximum Gasteiger partial charge on any atom is 0.303 e. The standard InChI is InChI=1S/C25H30N2O5/c1-3-4-14-30-20-9-6-19(7-10-20)25-27-23(17(2)32-25)13-15-31-21-11-5-18(22(26)16-21)8-12-24(28)29/h5-7,9-11,16H,3-4,8,12-15,26H2,1-2H3,(H,28,29). The van der Waals surface area contributed by atoms with Crippen molar-refractivity contribution in [2.24, 2.45) is 0 Å². The molecular weight excluding hydrogens is 408 g/mol. The van der Waals surface area contributed by atoms with E-state index in [1.54, 1.807) is 12.1 Å². The van der Waals surface area contributed by atoms with Gasteiger partial charge >= 0.3 is 5.97 Å². The SMILES string of the molecule is CCCCOc1ccc(-c2nc(CCOc3ccc(CCC(=O)O)c(N)c3)c(C)o2)cc1. The fourth-order valence-electron chi connectivity index (χ4n) is 3.21. The van der Waals surface area contributed by atoms with E-state index >= 15 is 0 Å². The molecule has 0 aliphatic rings. The molecule has 0 bridgehead atoms. The summed E-state index contributed by atoms with van der Waals surface area (Å²) in [5.41, 5.74) is 9.09. The van der Waals surface area contributed by atoms with Crippen LogP contribution in [0.2, 0.25) is 0 Å². The lowest BCUT2D eigenvalue weighted by molar-refractivity contribution is -0.136. The van der Waals surface area contributed by atoms with Crippen LogP contribution in [0.1, 0.15) is 43.2 Å². The fourth-order valence-corrected chi connectivity index (χ4v) is 3.21. The molecule has 2 aromatic carbocycles. The number of carboxylic acid groups (broad SMARTS) is 1. The number of aromatic nitrogens is 1. The van der Waals surface area contributed by atoms with Crippen molar-refractivity contribution in [3.05, 3.63) is 59.5 Å². The summed E-state index contributed by atoms with van der Waals surface area (Å²) in [4.78, 5) is 15.3. The van der Waals surface area contributed by atoms with Crippen molar-refractivity contribution in [2.75, 3.05) is 18.9 Å². The number of carbonyl (C=O) groups is 1. The van der Waals surface area contributed by atoms with E-state index < -0.39 is 5.97 Å². The number of ether oxygens (including phenoxy) is 2. The average Bonchev–Trinajstić information content (AvgIpc) is 3.14. The van der Waals surface area contributed by atoms with E-state index in [0.717, 1.165) is 47.8 Å². The number of aliphatic carboxylic acids is 1. The van der Waals surface area contributed by atoms with Gasteiger partial charge in [0.1, 0.15) is 17.3 Å². The van der Waals surface area contributed by atoms with Crippen LogP contribution in [0.25, 0.3) is 11.5 Å². The molecule has 32 heavy (non-hydrogen) atoms. The summed E-state index contributed by atoms with van der Waals surface area (Å²) in [7, 11) is 0. The molecule has 0 spiro atoms.